The molecule has 2 rings (SSSR count). The first-order valence-electron chi connectivity index (χ1n) is 6.30. The molecule has 0 bridgehead atoms. The fourth-order valence-electron chi connectivity index (χ4n) is 2.15. The predicted molar refractivity (Wildman–Crippen MR) is 71.8 cm³/mol. The summed E-state index contributed by atoms with van der Waals surface area (Å²) >= 11 is 0. The third-order valence-corrected chi connectivity index (χ3v) is 3.05. The molecule has 0 radical (unpaired) electrons. The number of hydrogen-bond donors (Lipinski definition) is 1. The normalized spacial score (nSPS) is 19.1. The summed E-state index contributed by atoms with van der Waals surface area (Å²) in [7, 11) is 2.14. The van der Waals surface area contributed by atoms with Crippen LogP contribution in [0.3, 0.4) is 0 Å². The van der Waals surface area contributed by atoms with E-state index in [4.69, 9.17) is 0 Å². The molecule has 1 aromatic carbocycles. The van der Waals surface area contributed by atoms with Crippen LogP contribution >= 0.6 is 0 Å². The van der Waals surface area contributed by atoms with Crippen molar-refractivity contribution in [2.75, 3.05) is 26.7 Å². The standard InChI is InChI=1S/C15H20N2/c1-17(13-15-10-5-11-16-15)12-6-9-14-7-3-2-4-8-14/h2-4,7-8,15-16H,5,10-13H2,1H3. The molecule has 1 N–H and O–H groups in total. The van der Waals surface area contributed by atoms with Gasteiger partial charge in [-0.05, 0) is 38.6 Å². The summed E-state index contributed by atoms with van der Waals surface area (Å²) in [6.07, 6.45) is 2.62. The van der Waals surface area contributed by atoms with Crippen molar-refractivity contribution in [2.24, 2.45) is 0 Å². The van der Waals surface area contributed by atoms with E-state index in [0.717, 1.165) is 18.7 Å². The van der Waals surface area contributed by atoms with Crippen LogP contribution in [0.2, 0.25) is 0 Å². The average molecular weight is 228 g/mol. The second kappa shape index (κ2) is 6.44. The van der Waals surface area contributed by atoms with Gasteiger partial charge in [-0.25, -0.2) is 0 Å². The summed E-state index contributed by atoms with van der Waals surface area (Å²) in [5.41, 5.74) is 1.10. The molecule has 0 aliphatic carbocycles. The third-order valence-electron chi connectivity index (χ3n) is 3.05. The highest BCUT2D eigenvalue weighted by Crippen LogP contribution is 2.05. The molecule has 1 heterocycles. The van der Waals surface area contributed by atoms with Crippen molar-refractivity contribution in [3.63, 3.8) is 0 Å². The van der Waals surface area contributed by atoms with E-state index in [1.54, 1.807) is 0 Å². The largest absolute Gasteiger partial charge is 0.313 e. The van der Waals surface area contributed by atoms with Crippen LogP contribution in [0.25, 0.3) is 0 Å². The fourth-order valence-corrected chi connectivity index (χ4v) is 2.15. The van der Waals surface area contributed by atoms with E-state index in [1.807, 2.05) is 30.3 Å². The molecule has 2 heteroatoms. The summed E-state index contributed by atoms with van der Waals surface area (Å²) in [5, 5.41) is 3.51. The molecule has 1 atom stereocenters. The summed E-state index contributed by atoms with van der Waals surface area (Å²) in [6.45, 7) is 3.12. The van der Waals surface area contributed by atoms with Crippen LogP contribution in [0.1, 0.15) is 18.4 Å². The highest BCUT2D eigenvalue weighted by molar-refractivity contribution is 5.33. The van der Waals surface area contributed by atoms with E-state index in [0.29, 0.717) is 6.04 Å². The Morgan fingerprint density at radius 2 is 2.18 bits per heavy atom. The van der Waals surface area contributed by atoms with Crippen LogP contribution in [0.4, 0.5) is 0 Å². The zero-order chi connectivity index (χ0) is 11.9. The molecule has 0 saturated carbocycles. The molecule has 1 aliphatic heterocycles. The van der Waals surface area contributed by atoms with Crippen molar-refractivity contribution in [1.29, 1.82) is 0 Å². The maximum atomic E-state index is 3.51. The van der Waals surface area contributed by atoms with Crippen LogP contribution in [0.15, 0.2) is 30.3 Å². The molecular formula is C15H20N2. The van der Waals surface area contributed by atoms with Gasteiger partial charge in [-0.3, -0.25) is 4.90 Å². The van der Waals surface area contributed by atoms with E-state index < -0.39 is 0 Å². The zero-order valence-corrected chi connectivity index (χ0v) is 10.4. The number of hydrogen-bond acceptors (Lipinski definition) is 2. The van der Waals surface area contributed by atoms with Gasteiger partial charge >= 0.3 is 0 Å². The minimum absolute atomic E-state index is 0.665. The minimum atomic E-state index is 0.665. The Kier molecular flexibility index (Phi) is 4.61. The Morgan fingerprint density at radius 3 is 2.88 bits per heavy atom. The molecule has 1 saturated heterocycles. The van der Waals surface area contributed by atoms with Crippen LogP contribution in [0, 0.1) is 11.8 Å². The highest BCUT2D eigenvalue weighted by Gasteiger charge is 2.14. The minimum Gasteiger partial charge on any atom is -0.313 e. The average Bonchev–Trinajstić information content (AvgIpc) is 2.83. The third kappa shape index (κ3) is 4.22. The number of nitrogens with zero attached hydrogens (tertiary/aromatic N) is 1. The Bertz CT molecular complexity index is 382. The summed E-state index contributed by atoms with van der Waals surface area (Å²) in [5.74, 6) is 6.41. The second-order valence-electron chi connectivity index (χ2n) is 4.66. The maximum Gasteiger partial charge on any atom is 0.0603 e. The van der Waals surface area contributed by atoms with Crippen molar-refractivity contribution in [1.82, 2.24) is 10.2 Å². The van der Waals surface area contributed by atoms with Crippen molar-refractivity contribution in [3.8, 4) is 11.8 Å². The van der Waals surface area contributed by atoms with Gasteiger partial charge in [0.2, 0.25) is 0 Å². The van der Waals surface area contributed by atoms with Crippen molar-refractivity contribution < 1.29 is 0 Å². The summed E-state index contributed by atoms with van der Waals surface area (Å²) < 4.78 is 0. The smallest absolute Gasteiger partial charge is 0.0603 e. The first kappa shape index (κ1) is 12.2. The molecule has 1 aromatic rings. The lowest BCUT2D eigenvalue weighted by Crippen LogP contribution is -2.35. The monoisotopic (exact) mass is 228 g/mol. The van der Waals surface area contributed by atoms with E-state index >= 15 is 0 Å². The molecule has 2 nitrogen and oxygen atoms in total. The van der Waals surface area contributed by atoms with Gasteiger partial charge < -0.3 is 5.32 Å². The Morgan fingerprint density at radius 1 is 1.35 bits per heavy atom. The van der Waals surface area contributed by atoms with Gasteiger partial charge in [0.1, 0.15) is 0 Å². The highest BCUT2D eigenvalue weighted by atomic mass is 15.1. The quantitative estimate of drug-likeness (QED) is 0.793. The van der Waals surface area contributed by atoms with Gasteiger partial charge in [-0.2, -0.15) is 0 Å². The van der Waals surface area contributed by atoms with Gasteiger partial charge in [-0.1, -0.05) is 30.0 Å². The van der Waals surface area contributed by atoms with Crippen LogP contribution in [-0.2, 0) is 0 Å². The van der Waals surface area contributed by atoms with E-state index in [2.05, 4.69) is 29.1 Å². The molecule has 1 unspecified atom stereocenters. The summed E-state index contributed by atoms with van der Waals surface area (Å²) in [4.78, 5) is 2.29. The molecule has 90 valence electrons. The molecule has 17 heavy (non-hydrogen) atoms. The van der Waals surface area contributed by atoms with Crippen molar-refractivity contribution in [3.05, 3.63) is 35.9 Å². The van der Waals surface area contributed by atoms with Crippen LogP contribution in [0.5, 0.6) is 0 Å². The molecule has 0 aromatic heterocycles. The topological polar surface area (TPSA) is 15.3 Å². The fraction of sp³-hybridized carbons (Fsp3) is 0.467. The zero-order valence-electron chi connectivity index (χ0n) is 10.4. The van der Waals surface area contributed by atoms with Gasteiger partial charge in [0.05, 0.1) is 6.54 Å². The van der Waals surface area contributed by atoms with Gasteiger partial charge in [0, 0.05) is 18.2 Å². The molecule has 1 fully saturated rings. The number of nitrogens with one attached hydrogen (secondary N) is 1. The lowest BCUT2D eigenvalue weighted by molar-refractivity contribution is 0.332. The Labute approximate surface area is 104 Å². The van der Waals surface area contributed by atoms with E-state index in [9.17, 15) is 0 Å². The Balaban J connectivity index is 1.76. The van der Waals surface area contributed by atoms with Crippen molar-refractivity contribution in [2.45, 2.75) is 18.9 Å². The molecule has 0 spiro atoms. The van der Waals surface area contributed by atoms with Gasteiger partial charge in [0.15, 0.2) is 0 Å². The lowest BCUT2D eigenvalue weighted by Gasteiger charge is -2.18. The van der Waals surface area contributed by atoms with E-state index in [1.165, 1.54) is 19.4 Å². The first-order valence-corrected chi connectivity index (χ1v) is 6.30. The van der Waals surface area contributed by atoms with Crippen molar-refractivity contribution >= 4 is 0 Å². The number of benzene rings is 1. The number of rotatable bonds is 3. The summed E-state index contributed by atoms with van der Waals surface area (Å²) in [6, 6.07) is 10.8. The second-order valence-corrected chi connectivity index (χ2v) is 4.66. The lowest BCUT2D eigenvalue weighted by atomic mass is 10.2. The Hall–Kier alpha value is -1.30. The molecule has 1 aliphatic rings. The van der Waals surface area contributed by atoms with Gasteiger partial charge in [-0.15, -0.1) is 0 Å². The predicted octanol–water partition coefficient (Wildman–Crippen LogP) is 1.72. The molecular weight excluding hydrogens is 208 g/mol. The maximum absolute atomic E-state index is 3.51. The van der Waals surface area contributed by atoms with Crippen LogP contribution in [-0.4, -0.2) is 37.6 Å². The number of likely N-dealkylation sites (N-methyl/N-ethyl adjacent to an activating group) is 1. The van der Waals surface area contributed by atoms with Crippen LogP contribution < -0.4 is 5.32 Å². The SMILES string of the molecule is CN(CC#Cc1ccccc1)CC1CCCN1. The van der Waals surface area contributed by atoms with Gasteiger partial charge in [0.25, 0.3) is 0 Å². The van der Waals surface area contributed by atoms with E-state index in [-0.39, 0.29) is 0 Å². The molecule has 0 amide bonds. The first-order chi connectivity index (χ1) is 8.34.